The van der Waals surface area contributed by atoms with Gasteiger partial charge in [-0.25, -0.2) is 0 Å². The standard InChI is InChI=1S/C16H16BrClO/c1-9-7-13(15(18)8-10(9)2)16(19)12-5-4-6-14(17)11(12)3/h4-8,16,19H,1-3H3. The molecule has 0 aliphatic rings. The van der Waals surface area contributed by atoms with Crippen LogP contribution >= 0.6 is 27.5 Å². The van der Waals surface area contributed by atoms with Crippen LogP contribution in [0.15, 0.2) is 34.8 Å². The third-order valence-electron chi connectivity index (χ3n) is 3.51. The van der Waals surface area contributed by atoms with Crippen LogP contribution in [0.3, 0.4) is 0 Å². The van der Waals surface area contributed by atoms with Crippen molar-refractivity contribution < 1.29 is 5.11 Å². The molecule has 0 saturated heterocycles. The predicted octanol–water partition coefficient (Wildman–Crippen LogP) is 5.11. The molecule has 1 atom stereocenters. The summed E-state index contributed by atoms with van der Waals surface area (Å²) in [6, 6.07) is 9.68. The van der Waals surface area contributed by atoms with Crippen molar-refractivity contribution in [3.05, 3.63) is 67.6 Å². The van der Waals surface area contributed by atoms with Crippen LogP contribution < -0.4 is 0 Å². The van der Waals surface area contributed by atoms with Crippen molar-refractivity contribution in [2.24, 2.45) is 0 Å². The summed E-state index contributed by atoms with van der Waals surface area (Å²) < 4.78 is 0.990. The van der Waals surface area contributed by atoms with Crippen molar-refractivity contribution in [1.82, 2.24) is 0 Å². The van der Waals surface area contributed by atoms with Crippen molar-refractivity contribution in [2.75, 3.05) is 0 Å². The summed E-state index contributed by atoms with van der Waals surface area (Å²) in [6.07, 6.45) is -0.704. The first-order valence-corrected chi connectivity index (χ1v) is 7.28. The molecule has 0 heterocycles. The average molecular weight is 340 g/mol. The van der Waals surface area contributed by atoms with Gasteiger partial charge in [0.05, 0.1) is 0 Å². The number of hydrogen-bond donors (Lipinski definition) is 1. The molecule has 0 aromatic heterocycles. The molecule has 0 fully saturated rings. The van der Waals surface area contributed by atoms with Gasteiger partial charge in [0, 0.05) is 15.1 Å². The molecule has 0 spiro atoms. The van der Waals surface area contributed by atoms with Gasteiger partial charge in [0.1, 0.15) is 6.10 Å². The number of rotatable bonds is 2. The highest BCUT2D eigenvalue weighted by Gasteiger charge is 2.17. The highest BCUT2D eigenvalue weighted by atomic mass is 79.9. The van der Waals surface area contributed by atoms with E-state index in [4.69, 9.17) is 11.6 Å². The normalized spacial score (nSPS) is 12.5. The molecule has 3 heteroatoms. The largest absolute Gasteiger partial charge is 0.384 e. The number of aliphatic hydroxyl groups is 1. The molecule has 2 aromatic carbocycles. The van der Waals surface area contributed by atoms with Crippen molar-refractivity contribution >= 4 is 27.5 Å². The summed E-state index contributed by atoms with van der Waals surface area (Å²) >= 11 is 9.75. The topological polar surface area (TPSA) is 20.2 Å². The number of aliphatic hydroxyl groups excluding tert-OH is 1. The Balaban J connectivity index is 2.53. The van der Waals surface area contributed by atoms with Crippen molar-refractivity contribution in [1.29, 1.82) is 0 Å². The van der Waals surface area contributed by atoms with E-state index in [2.05, 4.69) is 15.9 Å². The summed E-state index contributed by atoms with van der Waals surface area (Å²) in [7, 11) is 0. The van der Waals surface area contributed by atoms with E-state index in [0.717, 1.165) is 32.3 Å². The maximum atomic E-state index is 10.6. The van der Waals surface area contributed by atoms with E-state index >= 15 is 0 Å². The second kappa shape index (κ2) is 5.66. The quantitative estimate of drug-likeness (QED) is 0.806. The van der Waals surface area contributed by atoms with E-state index in [1.807, 2.05) is 51.1 Å². The van der Waals surface area contributed by atoms with Gasteiger partial charge in [0.25, 0.3) is 0 Å². The van der Waals surface area contributed by atoms with E-state index in [1.54, 1.807) is 0 Å². The average Bonchev–Trinajstić information content (AvgIpc) is 2.36. The van der Waals surface area contributed by atoms with Gasteiger partial charge in [-0.3, -0.25) is 0 Å². The van der Waals surface area contributed by atoms with Crippen LogP contribution in [0, 0.1) is 20.8 Å². The SMILES string of the molecule is Cc1cc(Cl)c(C(O)c2cccc(Br)c2C)cc1C. The Morgan fingerprint density at radius 2 is 1.68 bits per heavy atom. The molecule has 2 rings (SSSR count). The number of halogens is 2. The Kier molecular flexibility index (Phi) is 4.34. The molecule has 0 bridgehead atoms. The lowest BCUT2D eigenvalue weighted by molar-refractivity contribution is 0.219. The van der Waals surface area contributed by atoms with Crippen LogP contribution in [-0.4, -0.2) is 5.11 Å². The van der Waals surface area contributed by atoms with Gasteiger partial charge in [-0.1, -0.05) is 45.7 Å². The highest BCUT2D eigenvalue weighted by Crippen LogP contribution is 2.33. The van der Waals surface area contributed by atoms with Gasteiger partial charge in [0.15, 0.2) is 0 Å². The first-order valence-electron chi connectivity index (χ1n) is 6.11. The third-order valence-corrected chi connectivity index (χ3v) is 4.70. The highest BCUT2D eigenvalue weighted by molar-refractivity contribution is 9.10. The second-order valence-electron chi connectivity index (χ2n) is 4.81. The van der Waals surface area contributed by atoms with Crippen molar-refractivity contribution in [3.63, 3.8) is 0 Å². The number of aryl methyl sites for hydroxylation is 2. The van der Waals surface area contributed by atoms with Gasteiger partial charge >= 0.3 is 0 Å². The molecule has 0 saturated carbocycles. The number of benzene rings is 2. The zero-order chi connectivity index (χ0) is 14.2. The second-order valence-corrected chi connectivity index (χ2v) is 6.08. The van der Waals surface area contributed by atoms with Crippen LogP contribution in [0.1, 0.15) is 33.9 Å². The fourth-order valence-electron chi connectivity index (χ4n) is 2.10. The Bertz CT molecular complexity index is 622. The zero-order valence-electron chi connectivity index (χ0n) is 11.2. The molecule has 0 amide bonds. The lowest BCUT2D eigenvalue weighted by Crippen LogP contribution is -2.04. The van der Waals surface area contributed by atoms with Gasteiger partial charge in [0.2, 0.25) is 0 Å². The summed E-state index contributed by atoms with van der Waals surface area (Å²) in [4.78, 5) is 0. The Morgan fingerprint density at radius 3 is 2.37 bits per heavy atom. The summed E-state index contributed by atoms with van der Waals surface area (Å²) in [6.45, 7) is 6.02. The zero-order valence-corrected chi connectivity index (χ0v) is 13.5. The summed E-state index contributed by atoms with van der Waals surface area (Å²) in [5.74, 6) is 0. The molecule has 1 nitrogen and oxygen atoms in total. The van der Waals surface area contributed by atoms with E-state index in [1.165, 1.54) is 0 Å². The Morgan fingerprint density at radius 1 is 1.05 bits per heavy atom. The monoisotopic (exact) mass is 338 g/mol. The Hall–Kier alpha value is -0.830. The molecular weight excluding hydrogens is 324 g/mol. The van der Waals surface area contributed by atoms with E-state index in [-0.39, 0.29) is 0 Å². The first kappa shape index (κ1) is 14.6. The van der Waals surface area contributed by atoms with Gasteiger partial charge in [-0.15, -0.1) is 0 Å². The van der Waals surface area contributed by atoms with Crippen LogP contribution in [-0.2, 0) is 0 Å². The van der Waals surface area contributed by atoms with Crippen molar-refractivity contribution in [3.8, 4) is 0 Å². The molecular formula is C16H16BrClO. The van der Waals surface area contributed by atoms with Gasteiger partial charge in [-0.05, 0) is 55.2 Å². The molecule has 0 aliphatic heterocycles. The lowest BCUT2D eigenvalue weighted by Gasteiger charge is -2.18. The maximum Gasteiger partial charge on any atom is 0.106 e. The van der Waals surface area contributed by atoms with E-state index < -0.39 is 6.10 Å². The first-order chi connectivity index (χ1) is 8.91. The molecule has 1 N–H and O–H groups in total. The van der Waals surface area contributed by atoms with Gasteiger partial charge < -0.3 is 5.11 Å². The van der Waals surface area contributed by atoms with Crippen LogP contribution in [0.25, 0.3) is 0 Å². The van der Waals surface area contributed by atoms with Crippen LogP contribution in [0.4, 0.5) is 0 Å². The lowest BCUT2D eigenvalue weighted by atomic mass is 9.95. The predicted molar refractivity (Wildman–Crippen MR) is 83.9 cm³/mol. The Labute approximate surface area is 127 Å². The smallest absolute Gasteiger partial charge is 0.106 e. The minimum absolute atomic E-state index is 0.606. The van der Waals surface area contributed by atoms with E-state index in [0.29, 0.717) is 5.02 Å². The van der Waals surface area contributed by atoms with E-state index in [9.17, 15) is 5.11 Å². The van der Waals surface area contributed by atoms with Crippen LogP contribution in [0.2, 0.25) is 5.02 Å². The maximum absolute atomic E-state index is 10.6. The fourth-order valence-corrected chi connectivity index (χ4v) is 2.80. The fraction of sp³-hybridized carbons (Fsp3) is 0.250. The third kappa shape index (κ3) is 2.86. The molecule has 19 heavy (non-hydrogen) atoms. The molecule has 2 aromatic rings. The van der Waals surface area contributed by atoms with Crippen molar-refractivity contribution in [2.45, 2.75) is 26.9 Å². The minimum Gasteiger partial charge on any atom is -0.384 e. The molecule has 100 valence electrons. The molecule has 0 radical (unpaired) electrons. The van der Waals surface area contributed by atoms with Gasteiger partial charge in [-0.2, -0.15) is 0 Å². The molecule has 1 unspecified atom stereocenters. The summed E-state index contributed by atoms with van der Waals surface area (Å²) in [5.41, 5.74) is 4.92. The molecule has 0 aliphatic carbocycles. The minimum atomic E-state index is -0.704. The summed E-state index contributed by atoms with van der Waals surface area (Å²) in [5, 5.41) is 11.2. The number of hydrogen-bond acceptors (Lipinski definition) is 1. The van der Waals surface area contributed by atoms with Crippen LogP contribution in [0.5, 0.6) is 0 Å².